The average Bonchev–Trinajstić information content (AvgIpc) is 2.17. The molecule has 0 bridgehead atoms. The van der Waals surface area contributed by atoms with Crippen LogP contribution >= 0.6 is 0 Å². The van der Waals surface area contributed by atoms with Crippen molar-refractivity contribution in [3.05, 3.63) is 0 Å². The number of hydrogen-bond donors (Lipinski definition) is 4. The van der Waals surface area contributed by atoms with E-state index in [9.17, 15) is 23.0 Å². The third kappa shape index (κ3) is 3.19. The predicted octanol–water partition coefficient (Wildman–Crippen LogP) is -2.77. The molecule has 4 N–H and O–H groups in total. The van der Waals surface area contributed by atoms with Gasteiger partial charge in [0.25, 0.3) is 0 Å². The summed E-state index contributed by atoms with van der Waals surface area (Å²) < 4.78 is 39.6. The third-order valence-electron chi connectivity index (χ3n) is 2.28. The molecule has 16 heavy (non-hydrogen) atoms. The molecule has 1 saturated heterocycles. The molecule has 0 saturated carbocycles. The first-order chi connectivity index (χ1) is 7.26. The van der Waals surface area contributed by atoms with Crippen LogP contribution in [0.25, 0.3) is 0 Å². The third-order valence-corrected chi connectivity index (χ3v) is 3.85. The zero-order valence-electron chi connectivity index (χ0n) is 8.42. The monoisotopic (exact) mass is 306 g/mol. The normalized spacial score (nSPS) is 40.9. The molecule has 0 spiro atoms. The van der Waals surface area contributed by atoms with Gasteiger partial charge >= 0.3 is 92.8 Å². The number of rotatable bonds is 3. The van der Waals surface area contributed by atoms with E-state index in [-0.39, 0.29) is 0 Å². The predicted molar refractivity (Wildman–Crippen MR) is 47.8 cm³/mol. The zero-order chi connectivity index (χ0) is 12.5. The van der Waals surface area contributed by atoms with Gasteiger partial charge in [0.1, 0.15) is 0 Å². The summed E-state index contributed by atoms with van der Waals surface area (Å²) in [4.78, 5) is 0. The summed E-state index contributed by atoms with van der Waals surface area (Å²) in [5, 5.41) is 27.4. The van der Waals surface area contributed by atoms with Gasteiger partial charge in [0.05, 0.1) is 0 Å². The fraction of sp³-hybridized carbons (Fsp3) is 1.00. The minimum absolute atomic E-state index is 0.818. The molecule has 1 aliphatic heterocycles. The van der Waals surface area contributed by atoms with Gasteiger partial charge in [0, 0.05) is 0 Å². The van der Waals surface area contributed by atoms with Crippen LogP contribution < -0.4 is 0 Å². The molecule has 1 rings (SSSR count). The van der Waals surface area contributed by atoms with E-state index in [0.717, 1.165) is 0 Å². The summed E-state index contributed by atoms with van der Waals surface area (Å²) >= 11 is -5.09. The first-order valence-corrected chi connectivity index (χ1v) is 7.81. The van der Waals surface area contributed by atoms with Gasteiger partial charge in [-0.2, -0.15) is 0 Å². The number of aliphatic hydroxyl groups is 3. The number of aliphatic hydroxyl groups excluding tert-OH is 3. The van der Waals surface area contributed by atoms with Gasteiger partial charge in [-0.05, 0) is 0 Å². The van der Waals surface area contributed by atoms with Crippen LogP contribution in [0, 0.1) is 0 Å². The van der Waals surface area contributed by atoms with Crippen LogP contribution in [0.5, 0.6) is 0 Å². The Labute approximate surface area is 93.4 Å². The number of hydrogen-bond acceptors (Lipinski definition) is 7. The summed E-state index contributed by atoms with van der Waals surface area (Å²) in [6.07, 6.45) is -7.26. The molecular weight excluding hydrogens is 291 g/mol. The van der Waals surface area contributed by atoms with Crippen molar-refractivity contribution in [2.75, 3.05) is 7.11 Å². The molecule has 0 aromatic heterocycles. The van der Waals surface area contributed by atoms with Crippen molar-refractivity contribution in [1.82, 2.24) is 0 Å². The van der Waals surface area contributed by atoms with E-state index in [4.69, 9.17) is 8.93 Å². The van der Waals surface area contributed by atoms with Crippen molar-refractivity contribution in [2.24, 2.45) is 0 Å². The Kier molecular flexibility index (Phi) is 4.38. The molecule has 0 unspecified atom stereocenters. The van der Waals surface area contributed by atoms with Crippen molar-refractivity contribution in [3.8, 4) is 0 Å². The van der Waals surface area contributed by atoms with Crippen molar-refractivity contribution in [3.63, 3.8) is 0 Å². The summed E-state index contributed by atoms with van der Waals surface area (Å²) in [5.74, 6) is 0. The second-order valence-electron chi connectivity index (χ2n) is 3.50. The van der Waals surface area contributed by atoms with Crippen LogP contribution in [-0.2, 0) is 17.1 Å². The molecule has 0 aromatic rings. The molecule has 1 fully saturated rings. The Hall–Kier alpha value is -0.121. The summed E-state index contributed by atoms with van der Waals surface area (Å²) in [6, 6.07) is 0. The van der Waals surface area contributed by atoms with Crippen molar-refractivity contribution < 1.29 is 36.7 Å². The number of ether oxygens (including phenoxy) is 2. The van der Waals surface area contributed by atoms with E-state index in [0.29, 0.717) is 0 Å². The summed E-state index contributed by atoms with van der Waals surface area (Å²) in [5.41, 5.74) is 0. The van der Waals surface area contributed by atoms with Crippen LogP contribution in [0.1, 0.15) is 0 Å². The van der Waals surface area contributed by atoms with Gasteiger partial charge in [0.2, 0.25) is 0 Å². The van der Waals surface area contributed by atoms with Crippen molar-refractivity contribution >= 4 is 13.0 Å². The Bertz CT molecular complexity index is 325. The molecule has 0 aliphatic carbocycles. The molecular formula is C7H14O8Se. The van der Waals surface area contributed by atoms with Crippen LogP contribution in [0.15, 0.2) is 0 Å². The quantitative estimate of drug-likeness (QED) is 0.412. The van der Waals surface area contributed by atoms with E-state index in [2.05, 4.69) is 4.74 Å². The van der Waals surface area contributed by atoms with Gasteiger partial charge in [-0.15, -0.1) is 0 Å². The van der Waals surface area contributed by atoms with Crippen LogP contribution in [0.4, 0.5) is 0 Å². The molecule has 0 radical (unpaired) electrons. The van der Waals surface area contributed by atoms with E-state index in [1.807, 2.05) is 0 Å². The van der Waals surface area contributed by atoms with Gasteiger partial charge in [-0.3, -0.25) is 0 Å². The first-order valence-electron chi connectivity index (χ1n) is 4.44. The number of methoxy groups -OCH3 is 1. The minimum atomic E-state index is -5.09. The Morgan fingerprint density at radius 2 is 1.75 bits per heavy atom. The summed E-state index contributed by atoms with van der Waals surface area (Å²) in [6.45, 7) is 0. The molecule has 96 valence electrons. The standard InChI is InChI=1S/C7H14O8Se/c1-14-7-6(10)5(9)4(8)3(15-7)2-16(11,12)13/h3-10H,2H2,1H3,(H,11,12,13)/t3-,4-,5+,6-,7+/m1/s1. The molecule has 9 heteroatoms. The van der Waals surface area contributed by atoms with Crippen molar-refractivity contribution in [1.29, 1.82) is 0 Å². The second-order valence-corrected chi connectivity index (χ2v) is 6.64. The SMILES string of the molecule is CO[C@H]1O[C@H](C[Se](=O)(=O)O)[C@@H](O)[C@H](O)[C@H]1O. The molecule has 1 aliphatic rings. The molecule has 8 nitrogen and oxygen atoms in total. The fourth-order valence-electron chi connectivity index (χ4n) is 1.46. The molecule has 5 atom stereocenters. The summed E-state index contributed by atoms with van der Waals surface area (Å²) in [7, 11) is 1.19. The Morgan fingerprint density at radius 3 is 2.19 bits per heavy atom. The molecule has 1 heterocycles. The van der Waals surface area contributed by atoms with Crippen molar-refractivity contribution in [2.45, 2.75) is 36.0 Å². The Balaban J connectivity index is 2.79. The maximum atomic E-state index is 10.7. The first kappa shape index (κ1) is 13.9. The van der Waals surface area contributed by atoms with E-state index in [1.54, 1.807) is 0 Å². The second kappa shape index (κ2) is 5.03. The molecule has 0 amide bonds. The van der Waals surface area contributed by atoms with E-state index >= 15 is 0 Å². The van der Waals surface area contributed by atoms with E-state index in [1.165, 1.54) is 7.11 Å². The van der Waals surface area contributed by atoms with Crippen LogP contribution in [0.3, 0.4) is 0 Å². The topological polar surface area (TPSA) is 134 Å². The zero-order valence-corrected chi connectivity index (χ0v) is 10.1. The van der Waals surface area contributed by atoms with Gasteiger partial charge < -0.3 is 0 Å². The van der Waals surface area contributed by atoms with Gasteiger partial charge in [-0.1, -0.05) is 0 Å². The molecule has 0 aromatic carbocycles. The maximum absolute atomic E-state index is 10.7. The van der Waals surface area contributed by atoms with Gasteiger partial charge in [-0.25, -0.2) is 0 Å². The van der Waals surface area contributed by atoms with E-state index < -0.39 is 49.1 Å². The Morgan fingerprint density at radius 1 is 1.19 bits per heavy atom. The van der Waals surface area contributed by atoms with Crippen LogP contribution in [-0.4, -0.2) is 70.4 Å². The fourth-order valence-corrected chi connectivity index (χ4v) is 2.91. The average molecular weight is 305 g/mol. The van der Waals surface area contributed by atoms with Gasteiger partial charge in [0.15, 0.2) is 0 Å². The van der Waals surface area contributed by atoms with Crippen LogP contribution in [0.2, 0.25) is 5.32 Å².